The maximum Gasteiger partial charge on any atom is 0.134 e. The molecule has 2 rings (SSSR count). The summed E-state index contributed by atoms with van der Waals surface area (Å²) in [6, 6.07) is -0.405. The average Bonchev–Trinajstić information content (AvgIpc) is 2.52. The minimum Gasteiger partial charge on any atom is -0.394 e. The molecule has 0 spiro atoms. The number of ether oxygens (including phenoxy) is 1. The van der Waals surface area contributed by atoms with E-state index in [1.165, 1.54) is 11.8 Å². The van der Waals surface area contributed by atoms with E-state index in [4.69, 9.17) is 9.84 Å². The Hall–Kier alpha value is -0.140. The molecule has 0 amide bonds. The number of fused-ring (bicyclic) bond motifs is 1. The van der Waals surface area contributed by atoms with Gasteiger partial charge in [0.2, 0.25) is 0 Å². The molecule has 6 heteroatoms. The van der Waals surface area contributed by atoms with Gasteiger partial charge in [0.15, 0.2) is 0 Å². The molecule has 1 saturated heterocycles. The number of hydrogen-bond acceptors (Lipinski definition) is 6. The van der Waals surface area contributed by atoms with E-state index < -0.39 is 24.4 Å². The highest BCUT2D eigenvalue weighted by atomic mass is 32.2. The number of nitrogens with zero attached hydrogens (tertiary/aromatic N) is 1. The van der Waals surface area contributed by atoms with Crippen molar-refractivity contribution in [2.24, 2.45) is 4.99 Å². The highest BCUT2D eigenvalue weighted by Crippen LogP contribution is 2.36. The van der Waals surface area contributed by atoms with Gasteiger partial charge in [-0.2, -0.15) is 0 Å². The van der Waals surface area contributed by atoms with Gasteiger partial charge in [0, 0.05) is 0 Å². The van der Waals surface area contributed by atoms with Gasteiger partial charge in [-0.05, 0) is 6.92 Å². The molecule has 3 N–H and O–H groups in total. The lowest BCUT2D eigenvalue weighted by molar-refractivity contribution is -0.164. The summed E-state index contributed by atoms with van der Waals surface area (Å²) in [7, 11) is 0. The van der Waals surface area contributed by atoms with Crippen LogP contribution in [0.1, 0.15) is 6.92 Å². The van der Waals surface area contributed by atoms with Crippen LogP contribution in [0.15, 0.2) is 4.99 Å². The zero-order chi connectivity index (χ0) is 10.3. The van der Waals surface area contributed by atoms with Crippen molar-refractivity contribution in [3.8, 4) is 0 Å². The van der Waals surface area contributed by atoms with E-state index in [-0.39, 0.29) is 12.0 Å². The standard InChI is InChI=1S/C8H13NO4S/c1-3-9-5-7(12)6(11)4(2-10)13-8(5)14-3/h4-8,10-12H,2H2,1H3/t4?,5?,6-,7+,8-/m0/s1. The molecule has 2 aliphatic rings. The van der Waals surface area contributed by atoms with Crippen molar-refractivity contribution in [1.29, 1.82) is 0 Å². The first-order chi connectivity index (χ1) is 6.63. The Kier molecular flexibility index (Phi) is 2.81. The van der Waals surface area contributed by atoms with Crippen molar-refractivity contribution in [2.75, 3.05) is 6.61 Å². The molecule has 2 aliphatic heterocycles. The lowest BCUT2D eigenvalue weighted by Crippen LogP contribution is -2.55. The van der Waals surface area contributed by atoms with Crippen molar-refractivity contribution in [1.82, 2.24) is 0 Å². The van der Waals surface area contributed by atoms with E-state index >= 15 is 0 Å². The predicted octanol–water partition coefficient (Wildman–Crippen LogP) is -1.04. The zero-order valence-electron chi connectivity index (χ0n) is 7.70. The number of aliphatic hydroxyl groups excluding tert-OH is 3. The Labute approximate surface area is 85.8 Å². The lowest BCUT2D eigenvalue weighted by atomic mass is 9.99. The predicted molar refractivity (Wildman–Crippen MR) is 52.2 cm³/mol. The Morgan fingerprint density at radius 1 is 1.43 bits per heavy atom. The van der Waals surface area contributed by atoms with Crippen LogP contribution >= 0.6 is 11.8 Å². The van der Waals surface area contributed by atoms with Crippen molar-refractivity contribution in [3.05, 3.63) is 0 Å². The molecule has 0 aliphatic carbocycles. The Bertz CT molecular complexity index is 260. The van der Waals surface area contributed by atoms with Gasteiger partial charge in [-0.1, -0.05) is 11.8 Å². The molecule has 5 atom stereocenters. The molecule has 0 saturated carbocycles. The molecule has 1 fully saturated rings. The summed E-state index contributed by atoms with van der Waals surface area (Å²) in [5, 5.41) is 29.0. The molecule has 80 valence electrons. The van der Waals surface area contributed by atoms with E-state index in [9.17, 15) is 10.2 Å². The summed E-state index contributed by atoms with van der Waals surface area (Å²) < 4.78 is 5.40. The lowest BCUT2D eigenvalue weighted by Gasteiger charge is -2.37. The molecule has 0 bridgehead atoms. The molecule has 2 heterocycles. The van der Waals surface area contributed by atoms with Gasteiger partial charge in [0.05, 0.1) is 11.7 Å². The summed E-state index contributed by atoms with van der Waals surface area (Å²) in [5.41, 5.74) is -0.273. The summed E-state index contributed by atoms with van der Waals surface area (Å²) >= 11 is 1.42. The maximum absolute atomic E-state index is 9.71. The van der Waals surface area contributed by atoms with Crippen molar-refractivity contribution >= 4 is 16.8 Å². The molecule has 5 nitrogen and oxygen atoms in total. The fourth-order valence-electron chi connectivity index (χ4n) is 1.71. The molecule has 0 aromatic rings. The second-order valence-corrected chi connectivity index (χ2v) is 4.75. The third kappa shape index (κ3) is 1.57. The van der Waals surface area contributed by atoms with Crippen LogP contribution in [0.3, 0.4) is 0 Å². The highest BCUT2D eigenvalue weighted by molar-refractivity contribution is 8.14. The quantitative estimate of drug-likeness (QED) is 0.525. The molecule has 14 heavy (non-hydrogen) atoms. The topological polar surface area (TPSA) is 82.3 Å². The van der Waals surface area contributed by atoms with Gasteiger partial charge >= 0.3 is 0 Å². The Morgan fingerprint density at radius 3 is 2.79 bits per heavy atom. The smallest absolute Gasteiger partial charge is 0.134 e. The minimum absolute atomic E-state index is 0.273. The first-order valence-corrected chi connectivity index (χ1v) is 5.35. The van der Waals surface area contributed by atoms with E-state index in [0.717, 1.165) is 5.04 Å². The van der Waals surface area contributed by atoms with Crippen molar-refractivity contribution in [2.45, 2.75) is 36.7 Å². The number of hydrogen-bond donors (Lipinski definition) is 3. The number of aliphatic imine (C=N–C) groups is 1. The molecule has 0 aromatic heterocycles. The summed E-state index contributed by atoms with van der Waals surface area (Å²) in [6.07, 6.45) is -2.72. The van der Waals surface area contributed by atoms with Crippen LogP contribution in [0.5, 0.6) is 0 Å². The number of thioether (sulfide) groups is 1. The fraction of sp³-hybridized carbons (Fsp3) is 0.875. The van der Waals surface area contributed by atoms with Crippen molar-refractivity contribution in [3.63, 3.8) is 0 Å². The SMILES string of the molecule is CC1=NC2[C@@H](O)[C@@H](O)C(CO)O[C@H]2S1. The van der Waals surface area contributed by atoms with E-state index in [2.05, 4.69) is 4.99 Å². The van der Waals surface area contributed by atoms with Gasteiger partial charge in [-0.15, -0.1) is 0 Å². The largest absolute Gasteiger partial charge is 0.394 e. The second kappa shape index (κ2) is 3.79. The monoisotopic (exact) mass is 219 g/mol. The van der Waals surface area contributed by atoms with Gasteiger partial charge < -0.3 is 20.1 Å². The maximum atomic E-state index is 9.71. The number of aliphatic hydroxyl groups is 3. The van der Waals surface area contributed by atoms with Crippen LogP contribution in [0.25, 0.3) is 0 Å². The van der Waals surface area contributed by atoms with Crippen LogP contribution in [0, 0.1) is 0 Å². The van der Waals surface area contributed by atoms with Gasteiger partial charge in [0.1, 0.15) is 29.8 Å². The summed E-state index contributed by atoms with van der Waals surface area (Å²) in [5.74, 6) is 0. The van der Waals surface area contributed by atoms with Crippen LogP contribution in [0.4, 0.5) is 0 Å². The molecule has 0 radical (unpaired) electrons. The van der Waals surface area contributed by atoms with Crippen LogP contribution in [-0.4, -0.2) is 56.8 Å². The molecule has 2 unspecified atom stereocenters. The van der Waals surface area contributed by atoms with E-state index in [1.807, 2.05) is 6.92 Å². The normalized spacial score (nSPS) is 47.4. The van der Waals surface area contributed by atoms with Gasteiger partial charge in [-0.3, -0.25) is 4.99 Å². The second-order valence-electron chi connectivity index (χ2n) is 3.46. The van der Waals surface area contributed by atoms with Gasteiger partial charge in [0.25, 0.3) is 0 Å². The molecular weight excluding hydrogens is 206 g/mol. The molecular formula is C8H13NO4S. The van der Waals surface area contributed by atoms with E-state index in [0.29, 0.717) is 0 Å². The summed E-state index contributed by atoms with van der Waals surface area (Å²) in [4.78, 5) is 4.17. The molecule has 0 aromatic carbocycles. The Balaban J connectivity index is 2.14. The first-order valence-electron chi connectivity index (χ1n) is 4.47. The number of rotatable bonds is 1. The van der Waals surface area contributed by atoms with Gasteiger partial charge in [-0.25, -0.2) is 0 Å². The van der Waals surface area contributed by atoms with Crippen molar-refractivity contribution < 1.29 is 20.1 Å². The summed E-state index contributed by atoms with van der Waals surface area (Å²) in [6.45, 7) is 1.54. The first kappa shape index (κ1) is 10.4. The third-order valence-corrected chi connectivity index (χ3v) is 3.53. The third-order valence-electron chi connectivity index (χ3n) is 2.47. The highest BCUT2D eigenvalue weighted by Gasteiger charge is 2.47. The minimum atomic E-state index is -1.06. The van der Waals surface area contributed by atoms with Crippen LogP contribution in [-0.2, 0) is 4.74 Å². The van der Waals surface area contributed by atoms with Crippen LogP contribution in [0.2, 0.25) is 0 Å². The van der Waals surface area contributed by atoms with Crippen LogP contribution < -0.4 is 0 Å². The van der Waals surface area contributed by atoms with E-state index in [1.54, 1.807) is 0 Å². The fourth-order valence-corrected chi connectivity index (χ4v) is 2.79. The average molecular weight is 219 g/mol. The zero-order valence-corrected chi connectivity index (χ0v) is 8.52. The Morgan fingerprint density at radius 2 is 2.14 bits per heavy atom.